The molecule has 234 valence electrons. The largest absolute Gasteiger partial charge is 0.493 e. The molecule has 1 unspecified atom stereocenters. The van der Waals surface area contributed by atoms with Crippen molar-refractivity contribution in [3.8, 4) is 11.5 Å². The van der Waals surface area contributed by atoms with Gasteiger partial charge in [-0.15, -0.1) is 0 Å². The number of carbonyl (C=O) groups is 2. The van der Waals surface area contributed by atoms with Crippen LogP contribution in [0.25, 0.3) is 0 Å². The van der Waals surface area contributed by atoms with Crippen LogP contribution < -0.4 is 14.8 Å². The fourth-order valence-electron chi connectivity index (χ4n) is 4.98. The third-order valence-electron chi connectivity index (χ3n) is 7.23. The smallest absolute Gasteiger partial charge is 0.338 e. The monoisotopic (exact) mass is 631 g/mol. The van der Waals surface area contributed by atoms with Gasteiger partial charge in [0, 0.05) is 19.4 Å². The van der Waals surface area contributed by atoms with E-state index in [9.17, 15) is 14.0 Å². The number of nitrogens with zero attached hydrogens (tertiary/aromatic N) is 2. The molecule has 0 aromatic heterocycles. The van der Waals surface area contributed by atoms with Crippen LogP contribution in [-0.4, -0.2) is 49.4 Å². The van der Waals surface area contributed by atoms with E-state index in [4.69, 9.17) is 23.9 Å². The first kappa shape index (κ1) is 31.8. The number of amides is 1. The van der Waals surface area contributed by atoms with Crippen LogP contribution in [0.5, 0.6) is 11.5 Å². The second kappa shape index (κ2) is 14.9. The van der Waals surface area contributed by atoms with Crippen LogP contribution in [0.15, 0.2) is 100 Å². The molecule has 1 N–H and O–H groups in total. The molecule has 0 radical (unpaired) electrons. The minimum absolute atomic E-state index is 0.0319. The minimum Gasteiger partial charge on any atom is -0.493 e. The van der Waals surface area contributed by atoms with Gasteiger partial charge < -0.3 is 29.2 Å². The summed E-state index contributed by atoms with van der Waals surface area (Å²) in [6.45, 7) is 2.70. The van der Waals surface area contributed by atoms with Gasteiger partial charge in [0.15, 0.2) is 16.7 Å². The van der Waals surface area contributed by atoms with E-state index in [0.717, 1.165) is 16.7 Å². The lowest BCUT2D eigenvalue weighted by Gasteiger charge is -2.36. The predicted molar refractivity (Wildman–Crippen MR) is 170 cm³/mol. The molecule has 5 rings (SSSR count). The number of nitrogens with one attached hydrogen (secondary N) is 1. The van der Waals surface area contributed by atoms with Crippen molar-refractivity contribution < 1.29 is 32.9 Å². The summed E-state index contributed by atoms with van der Waals surface area (Å²) in [7, 11) is 3.09. The Bertz CT molecular complexity index is 1620. The van der Waals surface area contributed by atoms with E-state index in [1.165, 1.54) is 31.0 Å². The average Bonchev–Trinajstić information content (AvgIpc) is 3.44. The number of thioether (sulfide) groups is 1. The van der Waals surface area contributed by atoms with E-state index in [-0.39, 0.29) is 37.9 Å². The number of fused-ring (bicyclic) bond motifs is 1. The maximum absolute atomic E-state index is 13.5. The summed E-state index contributed by atoms with van der Waals surface area (Å²) in [6.07, 6.45) is 0.0319. The third kappa shape index (κ3) is 7.73. The number of methoxy groups -OCH3 is 2. The standard InChI is InChI=1S/C34H34FN3O6S/c1-22-31(33(40)43-16-15-41-2)32(25-11-14-28(29(17-25)42-3)44-20-24-7-5-4-6-8-24)38-27(21-45-34(38)37-22)18-30(39)36-19-23-9-12-26(35)13-10-23/h4-14,17,21,32H,15-16,18-20H2,1-3H3,(H,36,39). The fourth-order valence-corrected chi connectivity index (χ4v) is 5.94. The van der Waals surface area contributed by atoms with E-state index in [1.54, 1.807) is 26.2 Å². The molecule has 3 aromatic carbocycles. The summed E-state index contributed by atoms with van der Waals surface area (Å²) in [5, 5.41) is 5.39. The quantitative estimate of drug-likeness (QED) is 0.184. The highest BCUT2D eigenvalue weighted by molar-refractivity contribution is 8.16. The van der Waals surface area contributed by atoms with Crippen LogP contribution in [0.2, 0.25) is 0 Å². The lowest BCUT2D eigenvalue weighted by Crippen LogP contribution is -2.38. The Kier molecular flexibility index (Phi) is 10.5. The highest BCUT2D eigenvalue weighted by atomic mass is 32.2. The fraction of sp³-hybridized carbons (Fsp3) is 0.265. The summed E-state index contributed by atoms with van der Waals surface area (Å²) >= 11 is 1.38. The van der Waals surface area contributed by atoms with Gasteiger partial charge in [0.05, 0.1) is 37.4 Å². The number of allylic oxidation sites excluding steroid dienone is 1. The van der Waals surface area contributed by atoms with Crippen molar-refractivity contribution in [3.63, 3.8) is 0 Å². The van der Waals surface area contributed by atoms with Crippen molar-refractivity contribution in [2.75, 3.05) is 27.4 Å². The second-order valence-corrected chi connectivity index (χ2v) is 11.1. The van der Waals surface area contributed by atoms with Crippen LogP contribution in [0, 0.1) is 5.82 Å². The Morgan fingerprint density at radius 1 is 0.978 bits per heavy atom. The maximum atomic E-state index is 13.5. The van der Waals surface area contributed by atoms with Crippen LogP contribution in [0.1, 0.15) is 36.1 Å². The van der Waals surface area contributed by atoms with Crippen LogP contribution >= 0.6 is 11.8 Å². The van der Waals surface area contributed by atoms with E-state index >= 15 is 0 Å². The van der Waals surface area contributed by atoms with Crippen molar-refractivity contribution in [3.05, 3.63) is 118 Å². The SMILES string of the molecule is COCCOC(=O)C1=C(C)N=C2SC=C(CC(=O)NCc3ccc(F)cc3)N2C1c1ccc(OCc2ccccc2)c(OC)c1. The Labute approximate surface area is 265 Å². The number of rotatable bonds is 13. The second-order valence-electron chi connectivity index (χ2n) is 10.3. The number of hydrogen-bond acceptors (Lipinski definition) is 9. The zero-order chi connectivity index (χ0) is 31.8. The normalized spacial score (nSPS) is 15.6. The molecular formula is C34H34FN3O6S. The number of carbonyl (C=O) groups excluding carboxylic acids is 2. The van der Waals surface area contributed by atoms with Gasteiger partial charge in [-0.05, 0) is 53.3 Å². The molecule has 0 saturated carbocycles. The molecule has 3 aromatic rings. The van der Waals surface area contributed by atoms with Gasteiger partial charge in [-0.3, -0.25) is 4.79 Å². The Balaban J connectivity index is 1.42. The number of hydrogen-bond donors (Lipinski definition) is 1. The highest BCUT2D eigenvalue weighted by Crippen LogP contribution is 2.46. The van der Waals surface area contributed by atoms with Gasteiger partial charge in [-0.1, -0.05) is 60.3 Å². The molecule has 2 aliphatic heterocycles. The maximum Gasteiger partial charge on any atom is 0.338 e. The molecule has 9 nitrogen and oxygen atoms in total. The molecule has 1 atom stereocenters. The number of benzene rings is 3. The Hall–Kier alpha value is -4.61. The van der Waals surface area contributed by atoms with Gasteiger partial charge >= 0.3 is 5.97 Å². The van der Waals surface area contributed by atoms with Crippen LogP contribution in [-0.2, 0) is 32.2 Å². The zero-order valence-electron chi connectivity index (χ0n) is 25.2. The molecule has 0 aliphatic carbocycles. The first-order chi connectivity index (χ1) is 21.9. The first-order valence-electron chi connectivity index (χ1n) is 14.3. The number of aliphatic imine (C=N–C) groups is 1. The summed E-state index contributed by atoms with van der Waals surface area (Å²) < 4.78 is 35.7. The van der Waals surface area contributed by atoms with Crippen molar-refractivity contribution in [1.29, 1.82) is 0 Å². The first-order valence-corrected chi connectivity index (χ1v) is 15.2. The molecule has 0 saturated heterocycles. The van der Waals surface area contributed by atoms with E-state index in [2.05, 4.69) is 5.32 Å². The van der Waals surface area contributed by atoms with E-state index in [0.29, 0.717) is 40.2 Å². The topological polar surface area (TPSA) is 98.7 Å². The van der Waals surface area contributed by atoms with Crippen molar-refractivity contribution in [2.24, 2.45) is 4.99 Å². The lowest BCUT2D eigenvalue weighted by molar-refractivity contribution is -0.141. The molecule has 2 aliphatic rings. The molecule has 11 heteroatoms. The Morgan fingerprint density at radius 2 is 1.76 bits per heavy atom. The van der Waals surface area contributed by atoms with Gasteiger partial charge in [-0.25, -0.2) is 14.2 Å². The van der Waals surface area contributed by atoms with E-state index in [1.807, 2.05) is 58.8 Å². The molecule has 0 bridgehead atoms. The van der Waals surface area contributed by atoms with Gasteiger partial charge in [0.2, 0.25) is 5.91 Å². The molecule has 0 fully saturated rings. The van der Waals surface area contributed by atoms with Crippen molar-refractivity contribution in [1.82, 2.24) is 10.2 Å². The molecular weight excluding hydrogens is 597 g/mol. The minimum atomic E-state index is -0.657. The summed E-state index contributed by atoms with van der Waals surface area (Å²) in [5.41, 5.74) is 4.04. The number of ether oxygens (including phenoxy) is 4. The van der Waals surface area contributed by atoms with Gasteiger partial charge in [0.1, 0.15) is 19.0 Å². The molecule has 1 amide bonds. The van der Waals surface area contributed by atoms with Crippen molar-refractivity contribution in [2.45, 2.75) is 32.5 Å². The van der Waals surface area contributed by atoms with Crippen molar-refractivity contribution >= 4 is 28.8 Å². The third-order valence-corrected chi connectivity index (χ3v) is 8.12. The summed E-state index contributed by atoms with van der Waals surface area (Å²) in [4.78, 5) is 33.2. The van der Waals surface area contributed by atoms with Crippen LogP contribution in [0.3, 0.4) is 0 Å². The number of esters is 1. The molecule has 2 heterocycles. The highest BCUT2D eigenvalue weighted by Gasteiger charge is 2.41. The summed E-state index contributed by atoms with van der Waals surface area (Å²) in [5.74, 6) is -0.0618. The predicted octanol–water partition coefficient (Wildman–Crippen LogP) is 5.88. The van der Waals surface area contributed by atoms with Gasteiger partial charge in [-0.2, -0.15) is 0 Å². The van der Waals surface area contributed by atoms with E-state index < -0.39 is 12.0 Å². The van der Waals surface area contributed by atoms with Gasteiger partial charge in [0.25, 0.3) is 0 Å². The molecule has 0 spiro atoms. The van der Waals surface area contributed by atoms with Crippen LogP contribution in [0.4, 0.5) is 4.39 Å². The molecule has 45 heavy (non-hydrogen) atoms. The summed E-state index contributed by atoms with van der Waals surface area (Å²) in [6, 6.07) is 20.6. The Morgan fingerprint density at radius 3 is 2.49 bits per heavy atom. The number of amidine groups is 1. The number of halogens is 1. The zero-order valence-corrected chi connectivity index (χ0v) is 26.1. The lowest BCUT2D eigenvalue weighted by atomic mass is 9.93. The average molecular weight is 632 g/mol.